The maximum Gasteiger partial charge on any atom is 0.223 e. The van der Waals surface area contributed by atoms with E-state index in [9.17, 15) is 4.79 Å². The highest BCUT2D eigenvalue weighted by molar-refractivity contribution is 5.79. The molecule has 1 fully saturated rings. The molecular weight excluding hydrogens is 150 g/mol. The molecule has 0 heterocycles. The van der Waals surface area contributed by atoms with Crippen LogP contribution in [0.3, 0.4) is 0 Å². The van der Waals surface area contributed by atoms with Crippen molar-refractivity contribution in [1.82, 2.24) is 5.32 Å². The van der Waals surface area contributed by atoms with E-state index < -0.39 is 0 Å². The molecule has 0 aromatic heterocycles. The van der Waals surface area contributed by atoms with E-state index >= 15 is 0 Å². The Bertz CT molecular complexity index is 177. The first-order valence-corrected chi connectivity index (χ1v) is 4.82. The van der Waals surface area contributed by atoms with Crippen molar-refractivity contribution < 1.29 is 4.79 Å². The molecule has 2 heteroatoms. The van der Waals surface area contributed by atoms with E-state index in [2.05, 4.69) is 26.1 Å². The van der Waals surface area contributed by atoms with Crippen molar-refractivity contribution >= 4 is 5.91 Å². The van der Waals surface area contributed by atoms with Gasteiger partial charge in [0.2, 0.25) is 5.91 Å². The minimum atomic E-state index is 0.151. The Hall–Kier alpha value is -0.530. The molecule has 1 aliphatic rings. The lowest BCUT2D eigenvalue weighted by Gasteiger charge is -2.14. The number of amides is 1. The average molecular weight is 169 g/mol. The van der Waals surface area contributed by atoms with Gasteiger partial charge in [0.1, 0.15) is 0 Å². The van der Waals surface area contributed by atoms with Crippen LogP contribution in [0.25, 0.3) is 0 Å². The molecule has 0 radical (unpaired) electrons. The molecule has 0 aromatic rings. The molecule has 1 aliphatic carbocycles. The van der Waals surface area contributed by atoms with Crippen LogP contribution in [0.1, 0.15) is 34.1 Å². The van der Waals surface area contributed by atoms with Gasteiger partial charge in [-0.1, -0.05) is 27.7 Å². The number of rotatable bonds is 3. The van der Waals surface area contributed by atoms with Crippen LogP contribution < -0.4 is 5.32 Å². The lowest BCUT2D eigenvalue weighted by atomic mass is 9.97. The van der Waals surface area contributed by atoms with Crippen molar-refractivity contribution in [3.05, 3.63) is 0 Å². The van der Waals surface area contributed by atoms with Crippen molar-refractivity contribution in [3.8, 4) is 0 Å². The maximum atomic E-state index is 11.5. The number of hydrogen-bond acceptors (Lipinski definition) is 1. The Labute approximate surface area is 74.7 Å². The molecule has 0 spiro atoms. The van der Waals surface area contributed by atoms with Gasteiger partial charge in [-0.3, -0.25) is 4.79 Å². The van der Waals surface area contributed by atoms with Crippen molar-refractivity contribution in [3.63, 3.8) is 0 Å². The second-order valence-corrected chi connectivity index (χ2v) is 4.36. The maximum absolute atomic E-state index is 11.5. The Balaban J connectivity index is 2.28. The molecule has 1 saturated carbocycles. The number of carbonyl (C=O) groups is 1. The van der Waals surface area contributed by atoms with E-state index in [-0.39, 0.29) is 11.8 Å². The Kier molecular flexibility index (Phi) is 2.76. The quantitative estimate of drug-likeness (QED) is 0.686. The summed E-state index contributed by atoms with van der Waals surface area (Å²) in [6, 6.07) is 0.471. The lowest BCUT2D eigenvalue weighted by Crippen LogP contribution is -2.33. The summed E-state index contributed by atoms with van der Waals surface area (Å²) in [6.07, 6.45) is 1.16. The molecule has 1 rings (SSSR count). The second-order valence-electron chi connectivity index (χ2n) is 4.36. The van der Waals surface area contributed by atoms with Crippen LogP contribution in [0.4, 0.5) is 0 Å². The minimum absolute atomic E-state index is 0.151. The van der Waals surface area contributed by atoms with Gasteiger partial charge in [0.25, 0.3) is 0 Å². The first-order valence-electron chi connectivity index (χ1n) is 4.82. The van der Waals surface area contributed by atoms with Gasteiger partial charge in [0, 0.05) is 12.0 Å². The van der Waals surface area contributed by atoms with Crippen molar-refractivity contribution in [2.45, 2.75) is 40.2 Å². The van der Waals surface area contributed by atoms with E-state index in [0.717, 1.165) is 6.42 Å². The molecule has 0 saturated heterocycles. The third kappa shape index (κ3) is 2.23. The fourth-order valence-electron chi connectivity index (χ4n) is 1.14. The molecule has 0 aliphatic heterocycles. The standard InChI is InChI=1S/C10H19NO/c1-6(2)8(4)10(12)11-9-5-7(9)3/h6-9H,5H2,1-4H3,(H,11,12). The van der Waals surface area contributed by atoms with Crippen LogP contribution >= 0.6 is 0 Å². The van der Waals surface area contributed by atoms with E-state index in [0.29, 0.717) is 17.9 Å². The molecule has 70 valence electrons. The summed E-state index contributed by atoms with van der Waals surface area (Å²) in [4.78, 5) is 11.5. The van der Waals surface area contributed by atoms with Crippen LogP contribution in [0.2, 0.25) is 0 Å². The van der Waals surface area contributed by atoms with Crippen LogP contribution in [0, 0.1) is 17.8 Å². The summed E-state index contributed by atoms with van der Waals surface area (Å²) in [5.41, 5.74) is 0. The first-order chi connectivity index (χ1) is 5.52. The molecule has 0 bridgehead atoms. The molecule has 2 nitrogen and oxygen atoms in total. The van der Waals surface area contributed by atoms with Gasteiger partial charge in [-0.05, 0) is 18.3 Å². The number of carbonyl (C=O) groups excluding carboxylic acids is 1. The normalized spacial score (nSPS) is 30.1. The summed E-state index contributed by atoms with van der Waals surface area (Å²) in [7, 11) is 0. The number of nitrogens with one attached hydrogen (secondary N) is 1. The molecule has 3 unspecified atom stereocenters. The monoisotopic (exact) mass is 169 g/mol. The predicted octanol–water partition coefficient (Wildman–Crippen LogP) is 1.80. The van der Waals surface area contributed by atoms with Crippen LogP contribution in [-0.2, 0) is 4.79 Å². The van der Waals surface area contributed by atoms with E-state index in [4.69, 9.17) is 0 Å². The first kappa shape index (κ1) is 9.56. The highest BCUT2D eigenvalue weighted by Gasteiger charge is 2.34. The molecular formula is C10H19NO. The van der Waals surface area contributed by atoms with Crippen molar-refractivity contribution in [2.24, 2.45) is 17.8 Å². The third-order valence-corrected chi connectivity index (χ3v) is 2.85. The van der Waals surface area contributed by atoms with Crippen LogP contribution in [0.15, 0.2) is 0 Å². The third-order valence-electron chi connectivity index (χ3n) is 2.85. The lowest BCUT2D eigenvalue weighted by molar-refractivity contribution is -0.125. The average Bonchev–Trinajstić information content (AvgIpc) is 2.64. The summed E-state index contributed by atoms with van der Waals surface area (Å²) in [6.45, 7) is 8.33. The smallest absolute Gasteiger partial charge is 0.223 e. The van der Waals surface area contributed by atoms with Gasteiger partial charge >= 0.3 is 0 Å². The second kappa shape index (κ2) is 3.46. The molecule has 1 N–H and O–H groups in total. The summed E-state index contributed by atoms with van der Waals surface area (Å²) >= 11 is 0. The fraction of sp³-hybridized carbons (Fsp3) is 0.900. The van der Waals surface area contributed by atoms with Gasteiger partial charge in [-0.25, -0.2) is 0 Å². The van der Waals surface area contributed by atoms with E-state index in [1.165, 1.54) is 0 Å². The zero-order valence-electron chi connectivity index (χ0n) is 8.42. The van der Waals surface area contributed by atoms with Gasteiger partial charge in [0.05, 0.1) is 0 Å². The summed E-state index contributed by atoms with van der Waals surface area (Å²) in [5.74, 6) is 1.52. The zero-order valence-corrected chi connectivity index (χ0v) is 8.42. The molecule has 12 heavy (non-hydrogen) atoms. The fourth-order valence-corrected chi connectivity index (χ4v) is 1.14. The van der Waals surface area contributed by atoms with E-state index in [1.54, 1.807) is 0 Å². The van der Waals surface area contributed by atoms with Crippen molar-refractivity contribution in [2.75, 3.05) is 0 Å². The Morgan fingerprint density at radius 2 is 1.92 bits per heavy atom. The molecule has 0 aromatic carbocycles. The van der Waals surface area contributed by atoms with Crippen LogP contribution in [-0.4, -0.2) is 11.9 Å². The zero-order chi connectivity index (χ0) is 9.30. The summed E-state index contributed by atoms with van der Waals surface area (Å²) < 4.78 is 0. The summed E-state index contributed by atoms with van der Waals surface area (Å²) in [5, 5.41) is 3.05. The van der Waals surface area contributed by atoms with Crippen LogP contribution in [0.5, 0.6) is 0 Å². The Morgan fingerprint density at radius 1 is 1.42 bits per heavy atom. The van der Waals surface area contributed by atoms with Gasteiger partial charge in [-0.15, -0.1) is 0 Å². The highest BCUT2D eigenvalue weighted by atomic mass is 16.2. The SMILES string of the molecule is CC(C)C(C)C(=O)NC1CC1C. The molecule has 3 atom stereocenters. The largest absolute Gasteiger partial charge is 0.353 e. The topological polar surface area (TPSA) is 29.1 Å². The predicted molar refractivity (Wildman–Crippen MR) is 49.7 cm³/mol. The van der Waals surface area contributed by atoms with Gasteiger partial charge in [-0.2, -0.15) is 0 Å². The number of hydrogen-bond donors (Lipinski definition) is 1. The highest BCUT2D eigenvalue weighted by Crippen LogP contribution is 2.29. The molecule has 1 amide bonds. The van der Waals surface area contributed by atoms with Gasteiger partial charge < -0.3 is 5.32 Å². The Morgan fingerprint density at radius 3 is 2.25 bits per heavy atom. The minimum Gasteiger partial charge on any atom is -0.353 e. The van der Waals surface area contributed by atoms with E-state index in [1.807, 2.05) is 6.92 Å². The van der Waals surface area contributed by atoms with Crippen molar-refractivity contribution in [1.29, 1.82) is 0 Å². The van der Waals surface area contributed by atoms with Gasteiger partial charge in [0.15, 0.2) is 0 Å².